The SMILES string of the molecule is CC1SCC(C)(C)NC1c1ccc(F)cn1. The molecule has 2 atom stereocenters. The van der Waals surface area contributed by atoms with Gasteiger partial charge in [0.25, 0.3) is 0 Å². The maximum Gasteiger partial charge on any atom is 0.141 e. The highest BCUT2D eigenvalue weighted by Crippen LogP contribution is 2.34. The van der Waals surface area contributed by atoms with Crippen molar-refractivity contribution in [2.75, 3.05) is 5.75 Å². The Balaban J connectivity index is 2.21. The zero-order valence-electron chi connectivity index (χ0n) is 9.83. The van der Waals surface area contributed by atoms with Gasteiger partial charge in [0.1, 0.15) is 5.82 Å². The van der Waals surface area contributed by atoms with Gasteiger partial charge in [0.2, 0.25) is 0 Å². The summed E-state index contributed by atoms with van der Waals surface area (Å²) in [5, 5.41) is 4.04. The third-order valence-electron chi connectivity index (χ3n) is 2.79. The fourth-order valence-electron chi connectivity index (χ4n) is 1.90. The Bertz CT molecular complexity index is 364. The van der Waals surface area contributed by atoms with Crippen LogP contribution < -0.4 is 5.32 Å². The summed E-state index contributed by atoms with van der Waals surface area (Å²) in [7, 11) is 0. The number of hydrogen-bond donors (Lipinski definition) is 1. The minimum atomic E-state index is -0.279. The van der Waals surface area contributed by atoms with Gasteiger partial charge in [-0.1, -0.05) is 6.92 Å². The molecule has 0 aromatic carbocycles. The summed E-state index contributed by atoms with van der Waals surface area (Å²) >= 11 is 1.94. The van der Waals surface area contributed by atoms with Crippen molar-refractivity contribution in [1.29, 1.82) is 0 Å². The lowest BCUT2D eigenvalue weighted by atomic mass is 10.0. The Hall–Kier alpha value is -0.610. The lowest BCUT2D eigenvalue weighted by Gasteiger charge is -2.40. The standard InChI is InChI=1S/C12H17FN2S/c1-8-11(15-12(2,3)7-16-8)10-5-4-9(13)6-14-10/h4-6,8,11,15H,7H2,1-3H3. The van der Waals surface area contributed by atoms with Crippen LogP contribution in [-0.2, 0) is 0 Å². The average molecular weight is 240 g/mol. The van der Waals surface area contributed by atoms with Crippen LogP contribution in [0.2, 0.25) is 0 Å². The summed E-state index contributed by atoms with van der Waals surface area (Å²) in [6.45, 7) is 6.55. The Kier molecular flexibility index (Phi) is 3.22. The molecule has 2 nitrogen and oxygen atoms in total. The van der Waals surface area contributed by atoms with E-state index in [0.29, 0.717) is 5.25 Å². The van der Waals surface area contributed by atoms with E-state index in [1.165, 1.54) is 12.3 Å². The van der Waals surface area contributed by atoms with Crippen molar-refractivity contribution in [1.82, 2.24) is 10.3 Å². The van der Waals surface area contributed by atoms with Gasteiger partial charge >= 0.3 is 0 Å². The Labute approximate surface area is 100 Å². The molecule has 1 aliphatic heterocycles. The summed E-state index contributed by atoms with van der Waals surface area (Å²) in [5.41, 5.74) is 1.03. The molecular weight excluding hydrogens is 223 g/mol. The Morgan fingerprint density at radius 2 is 2.25 bits per heavy atom. The number of halogens is 1. The summed E-state index contributed by atoms with van der Waals surface area (Å²) < 4.78 is 12.8. The summed E-state index contributed by atoms with van der Waals surface area (Å²) in [6.07, 6.45) is 1.29. The van der Waals surface area contributed by atoms with Gasteiger partial charge in [0, 0.05) is 16.5 Å². The van der Waals surface area contributed by atoms with E-state index in [1.807, 2.05) is 11.8 Å². The molecule has 1 fully saturated rings. The number of hydrogen-bond acceptors (Lipinski definition) is 3. The van der Waals surface area contributed by atoms with Crippen LogP contribution in [0.1, 0.15) is 32.5 Å². The first-order valence-electron chi connectivity index (χ1n) is 5.49. The van der Waals surface area contributed by atoms with Crippen LogP contribution >= 0.6 is 11.8 Å². The monoisotopic (exact) mass is 240 g/mol. The highest BCUT2D eigenvalue weighted by Gasteiger charge is 2.33. The van der Waals surface area contributed by atoms with Crippen LogP contribution in [0, 0.1) is 5.82 Å². The van der Waals surface area contributed by atoms with E-state index in [2.05, 4.69) is 31.1 Å². The number of aromatic nitrogens is 1. The van der Waals surface area contributed by atoms with Crippen LogP contribution in [0.4, 0.5) is 4.39 Å². The third kappa shape index (κ3) is 2.55. The van der Waals surface area contributed by atoms with E-state index in [4.69, 9.17) is 0 Å². The van der Waals surface area contributed by atoms with Gasteiger partial charge < -0.3 is 5.32 Å². The lowest BCUT2D eigenvalue weighted by Crippen LogP contribution is -2.50. The smallest absolute Gasteiger partial charge is 0.141 e. The zero-order valence-corrected chi connectivity index (χ0v) is 10.6. The molecule has 1 saturated heterocycles. The van der Waals surface area contributed by atoms with E-state index >= 15 is 0 Å². The van der Waals surface area contributed by atoms with Gasteiger partial charge in [0.05, 0.1) is 17.9 Å². The van der Waals surface area contributed by atoms with Crippen molar-refractivity contribution in [3.63, 3.8) is 0 Å². The van der Waals surface area contributed by atoms with E-state index in [0.717, 1.165) is 11.4 Å². The van der Waals surface area contributed by atoms with Gasteiger partial charge in [-0.15, -0.1) is 0 Å². The first-order valence-corrected chi connectivity index (χ1v) is 6.53. The topological polar surface area (TPSA) is 24.9 Å². The molecule has 2 unspecified atom stereocenters. The molecule has 2 heterocycles. The number of nitrogens with zero attached hydrogens (tertiary/aromatic N) is 1. The Morgan fingerprint density at radius 3 is 2.88 bits per heavy atom. The first-order chi connectivity index (χ1) is 7.48. The van der Waals surface area contributed by atoms with Gasteiger partial charge in [-0.25, -0.2) is 4.39 Å². The second kappa shape index (κ2) is 4.34. The quantitative estimate of drug-likeness (QED) is 0.817. The fourth-order valence-corrected chi connectivity index (χ4v) is 3.06. The van der Waals surface area contributed by atoms with E-state index in [9.17, 15) is 4.39 Å². The number of nitrogens with one attached hydrogen (secondary N) is 1. The molecule has 0 aliphatic carbocycles. The molecule has 0 radical (unpaired) electrons. The van der Waals surface area contributed by atoms with Crippen molar-refractivity contribution in [3.8, 4) is 0 Å². The summed E-state index contributed by atoms with van der Waals surface area (Å²) in [6, 6.07) is 3.45. The minimum Gasteiger partial charge on any atom is -0.302 e. The van der Waals surface area contributed by atoms with E-state index in [-0.39, 0.29) is 17.4 Å². The normalized spacial score (nSPS) is 29.0. The second-order valence-corrected chi connectivity index (χ2v) is 6.29. The highest BCUT2D eigenvalue weighted by molar-refractivity contribution is 8.00. The molecule has 1 N–H and O–H groups in total. The van der Waals surface area contributed by atoms with Crippen molar-refractivity contribution in [2.45, 2.75) is 37.6 Å². The maximum atomic E-state index is 12.8. The van der Waals surface area contributed by atoms with Crippen molar-refractivity contribution >= 4 is 11.8 Å². The van der Waals surface area contributed by atoms with Crippen LogP contribution in [0.5, 0.6) is 0 Å². The maximum absolute atomic E-state index is 12.8. The van der Waals surface area contributed by atoms with Gasteiger partial charge in [-0.3, -0.25) is 4.98 Å². The van der Waals surface area contributed by atoms with Crippen molar-refractivity contribution < 1.29 is 4.39 Å². The molecular formula is C12H17FN2S. The number of rotatable bonds is 1. The molecule has 1 aliphatic rings. The van der Waals surface area contributed by atoms with E-state index in [1.54, 1.807) is 6.07 Å². The predicted molar refractivity (Wildman–Crippen MR) is 66.1 cm³/mol. The number of pyridine rings is 1. The minimum absolute atomic E-state index is 0.109. The average Bonchev–Trinajstić information content (AvgIpc) is 2.23. The Morgan fingerprint density at radius 1 is 1.50 bits per heavy atom. The third-order valence-corrected chi connectivity index (χ3v) is 4.48. The molecule has 88 valence electrons. The largest absolute Gasteiger partial charge is 0.302 e. The first kappa shape index (κ1) is 11.9. The van der Waals surface area contributed by atoms with Crippen molar-refractivity contribution in [3.05, 3.63) is 29.8 Å². The zero-order chi connectivity index (χ0) is 11.8. The number of thioether (sulfide) groups is 1. The van der Waals surface area contributed by atoms with E-state index < -0.39 is 0 Å². The molecule has 16 heavy (non-hydrogen) atoms. The molecule has 4 heteroatoms. The van der Waals surface area contributed by atoms with Gasteiger partial charge in [0.15, 0.2) is 0 Å². The molecule has 0 bridgehead atoms. The summed E-state index contributed by atoms with van der Waals surface area (Å²) in [4.78, 5) is 4.17. The fraction of sp³-hybridized carbons (Fsp3) is 0.583. The molecule has 0 saturated carbocycles. The molecule has 0 amide bonds. The van der Waals surface area contributed by atoms with Crippen LogP contribution in [0.3, 0.4) is 0 Å². The van der Waals surface area contributed by atoms with Crippen LogP contribution in [-0.4, -0.2) is 21.5 Å². The second-order valence-electron chi connectivity index (χ2n) is 4.92. The predicted octanol–water partition coefficient (Wildman–Crippen LogP) is 2.77. The molecule has 1 aromatic heterocycles. The van der Waals surface area contributed by atoms with Crippen molar-refractivity contribution in [2.24, 2.45) is 0 Å². The van der Waals surface area contributed by atoms with Gasteiger partial charge in [-0.05, 0) is 26.0 Å². The van der Waals surface area contributed by atoms with Gasteiger partial charge in [-0.2, -0.15) is 11.8 Å². The molecule has 0 spiro atoms. The van der Waals surface area contributed by atoms with Crippen LogP contribution in [0.25, 0.3) is 0 Å². The lowest BCUT2D eigenvalue weighted by molar-refractivity contribution is 0.347. The summed E-state index contributed by atoms with van der Waals surface area (Å²) in [5.74, 6) is 0.811. The van der Waals surface area contributed by atoms with Crippen LogP contribution in [0.15, 0.2) is 18.3 Å². The molecule has 2 rings (SSSR count). The highest BCUT2D eigenvalue weighted by atomic mass is 32.2. The molecule has 1 aromatic rings.